The number of aromatic nitrogens is 1. The van der Waals surface area contributed by atoms with Crippen LogP contribution < -0.4 is 0 Å². The predicted molar refractivity (Wildman–Crippen MR) is 124 cm³/mol. The highest BCUT2D eigenvalue weighted by atomic mass is 32.2. The Bertz CT molecular complexity index is 1160. The van der Waals surface area contributed by atoms with Crippen LogP contribution in [0.25, 0.3) is 5.76 Å². The average molecular weight is 473 g/mol. The highest BCUT2D eigenvalue weighted by Gasteiger charge is 2.45. The van der Waals surface area contributed by atoms with Crippen molar-refractivity contribution in [2.45, 2.75) is 17.4 Å². The van der Waals surface area contributed by atoms with Gasteiger partial charge >= 0.3 is 0 Å². The molecule has 2 heterocycles. The molecule has 1 fully saturated rings. The molecule has 176 valence electrons. The Kier molecular flexibility index (Phi) is 7.31. The van der Waals surface area contributed by atoms with Crippen molar-refractivity contribution in [2.75, 3.05) is 41.3 Å². The summed E-state index contributed by atoms with van der Waals surface area (Å²) in [7, 11) is 3.05. The molecule has 1 amide bonds. The van der Waals surface area contributed by atoms with E-state index >= 15 is 0 Å². The van der Waals surface area contributed by atoms with Crippen LogP contribution in [0.15, 0.2) is 59.3 Å². The van der Waals surface area contributed by atoms with Gasteiger partial charge in [-0.3, -0.25) is 14.6 Å². The van der Waals surface area contributed by atoms with Crippen LogP contribution in [-0.4, -0.2) is 85.6 Å². The van der Waals surface area contributed by atoms with Gasteiger partial charge in [0.2, 0.25) is 10.0 Å². The minimum Gasteiger partial charge on any atom is -0.507 e. The Labute approximate surface area is 194 Å². The smallest absolute Gasteiger partial charge is 0.295 e. The third-order valence-corrected chi connectivity index (χ3v) is 7.28. The van der Waals surface area contributed by atoms with Crippen molar-refractivity contribution in [1.29, 1.82) is 0 Å². The maximum absolute atomic E-state index is 13.0. The largest absolute Gasteiger partial charge is 0.507 e. The summed E-state index contributed by atoms with van der Waals surface area (Å²) in [6.45, 7) is 1.06. The Balaban J connectivity index is 2.06. The van der Waals surface area contributed by atoms with E-state index < -0.39 is 27.8 Å². The number of rotatable bonds is 8. The maximum Gasteiger partial charge on any atom is 0.295 e. The number of ketones is 1. The first-order chi connectivity index (χ1) is 15.6. The minimum atomic E-state index is -3.64. The SMILES string of the molecule is CN(C)CCCN1C(=O)C(=O)/C(=C(/O)c2ccc(S(=O)(=O)N(C)C)cc2)[C@H]1c1cccnc1. The Hall–Kier alpha value is -3.08. The van der Waals surface area contributed by atoms with Crippen molar-refractivity contribution in [3.8, 4) is 0 Å². The zero-order valence-corrected chi connectivity index (χ0v) is 19.9. The summed E-state index contributed by atoms with van der Waals surface area (Å²) in [5.41, 5.74) is 0.809. The van der Waals surface area contributed by atoms with E-state index in [1.165, 1.54) is 43.3 Å². The summed E-state index contributed by atoms with van der Waals surface area (Å²) < 4.78 is 25.7. The standard InChI is InChI=1S/C23H28N4O5S/c1-25(2)13-6-14-27-20(17-7-5-12-24-15-17)19(22(29)23(27)30)21(28)16-8-10-18(11-9-16)33(31,32)26(3)4/h5,7-12,15,20,28H,6,13-14H2,1-4H3/b21-19+/t20-/m1/s1. The van der Waals surface area contributed by atoms with Crippen LogP contribution >= 0.6 is 0 Å². The minimum absolute atomic E-state index is 0.0407. The average Bonchev–Trinajstić information content (AvgIpc) is 3.04. The molecule has 0 aliphatic carbocycles. The van der Waals surface area contributed by atoms with Crippen LogP contribution in [0.2, 0.25) is 0 Å². The van der Waals surface area contributed by atoms with E-state index in [0.717, 1.165) is 10.8 Å². The first-order valence-corrected chi connectivity index (χ1v) is 11.9. The molecule has 0 spiro atoms. The van der Waals surface area contributed by atoms with Gasteiger partial charge in [-0.25, -0.2) is 12.7 Å². The number of carbonyl (C=O) groups excluding carboxylic acids is 2. The molecule has 0 bridgehead atoms. The van der Waals surface area contributed by atoms with Crippen molar-refractivity contribution in [3.05, 3.63) is 65.5 Å². The van der Waals surface area contributed by atoms with E-state index in [2.05, 4.69) is 4.98 Å². The number of sulfonamides is 1. The fourth-order valence-electron chi connectivity index (χ4n) is 3.70. The molecule has 3 rings (SSSR count). The van der Waals surface area contributed by atoms with E-state index in [-0.39, 0.29) is 21.8 Å². The fourth-order valence-corrected chi connectivity index (χ4v) is 4.60. The summed E-state index contributed by atoms with van der Waals surface area (Å²) in [5.74, 6) is -1.82. The zero-order chi connectivity index (χ0) is 24.3. The van der Waals surface area contributed by atoms with Crippen LogP contribution in [0, 0.1) is 0 Å². The molecule has 9 nitrogen and oxygen atoms in total. The van der Waals surface area contributed by atoms with Gasteiger partial charge in [-0.05, 0) is 63.0 Å². The lowest BCUT2D eigenvalue weighted by molar-refractivity contribution is -0.139. The quantitative estimate of drug-likeness (QED) is 0.354. The van der Waals surface area contributed by atoms with E-state index in [0.29, 0.717) is 18.5 Å². The number of aliphatic hydroxyl groups excluding tert-OH is 1. The van der Waals surface area contributed by atoms with E-state index in [4.69, 9.17) is 0 Å². The fraction of sp³-hybridized carbons (Fsp3) is 0.348. The predicted octanol–water partition coefficient (Wildman–Crippen LogP) is 1.71. The lowest BCUT2D eigenvalue weighted by Crippen LogP contribution is -2.32. The number of hydrogen-bond acceptors (Lipinski definition) is 7. The van der Waals surface area contributed by atoms with Crippen molar-refractivity contribution in [1.82, 2.24) is 19.1 Å². The molecule has 1 atom stereocenters. The van der Waals surface area contributed by atoms with E-state index in [1.807, 2.05) is 19.0 Å². The first-order valence-electron chi connectivity index (χ1n) is 10.4. The second-order valence-electron chi connectivity index (χ2n) is 8.25. The lowest BCUT2D eigenvalue weighted by atomic mass is 9.96. The maximum atomic E-state index is 13.0. The number of hydrogen-bond donors (Lipinski definition) is 1. The van der Waals surface area contributed by atoms with Gasteiger partial charge in [0, 0.05) is 38.6 Å². The van der Waals surface area contributed by atoms with Crippen LogP contribution in [0.3, 0.4) is 0 Å². The van der Waals surface area contributed by atoms with Gasteiger partial charge < -0.3 is 14.9 Å². The monoisotopic (exact) mass is 472 g/mol. The third-order valence-electron chi connectivity index (χ3n) is 5.45. The van der Waals surface area contributed by atoms with Gasteiger partial charge in [-0.15, -0.1) is 0 Å². The molecule has 1 aromatic heterocycles. The molecule has 0 saturated carbocycles. The summed E-state index contributed by atoms with van der Waals surface area (Å²) in [6.07, 6.45) is 3.80. The summed E-state index contributed by atoms with van der Waals surface area (Å²) in [5, 5.41) is 11.1. The van der Waals surface area contributed by atoms with Gasteiger partial charge in [0.25, 0.3) is 11.7 Å². The number of pyridine rings is 1. The molecule has 1 saturated heterocycles. The molecule has 1 N–H and O–H groups in total. The molecular formula is C23H28N4O5S. The first kappa shape index (κ1) is 24.6. The van der Waals surface area contributed by atoms with Gasteiger partial charge in [0.05, 0.1) is 16.5 Å². The van der Waals surface area contributed by atoms with E-state index in [1.54, 1.807) is 24.5 Å². The molecule has 2 aromatic rings. The highest BCUT2D eigenvalue weighted by Crippen LogP contribution is 2.39. The second kappa shape index (κ2) is 9.82. The normalized spacial score (nSPS) is 18.5. The third kappa shape index (κ3) is 4.97. The number of carbonyl (C=O) groups is 2. The van der Waals surface area contributed by atoms with Crippen LogP contribution in [0.4, 0.5) is 0 Å². The Morgan fingerprint density at radius 2 is 1.76 bits per heavy atom. The lowest BCUT2D eigenvalue weighted by Gasteiger charge is -2.25. The van der Waals surface area contributed by atoms with Crippen molar-refractivity contribution < 1.29 is 23.1 Å². The molecule has 0 unspecified atom stereocenters. The number of aliphatic hydroxyl groups is 1. The van der Waals surface area contributed by atoms with Crippen LogP contribution in [-0.2, 0) is 19.6 Å². The van der Waals surface area contributed by atoms with Crippen LogP contribution in [0.5, 0.6) is 0 Å². The van der Waals surface area contributed by atoms with Gasteiger partial charge in [-0.1, -0.05) is 6.07 Å². The number of nitrogens with zero attached hydrogens (tertiary/aromatic N) is 4. The molecule has 0 radical (unpaired) electrons. The molecule has 1 aromatic carbocycles. The Morgan fingerprint density at radius 3 is 2.30 bits per heavy atom. The molecule has 10 heteroatoms. The zero-order valence-electron chi connectivity index (χ0n) is 19.1. The molecule has 33 heavy (non-hydrogen) atoms. The molecule has 1 aliphatic rings. The van der Waals surface area contributed by atoms with Gasteiger partial charge in [-0.2, -0.15) is 0 Å². The number of benzene rings is 1. The highest BCUT2D eigenvalue weighted by molar-refractivity contribution is 7.89. The topological polar surface area (TPSA) is 111 Å². The summed E-state index contributed by atoms with van der Waals surface area (Å²) in [4.78, 5) is 33.5. The molecule has 1 aliphatic heterocycles. The summed E-state index contributed by atoms with van der Waals surface area (Å²) >= 11 is 0. The second-order valence-corrected chi connectivity index (χ2v) is 10.4. The number of likely N-dealkylation sites (tertiary alicyclic amines) is 1. The number of amides is 1. The molecular weight excluding hydrogens is 444 g/mol. The Morgan fingerprint density at radius 1 is 1.09 bits per heavy atom. The van der Waals surface area contributed by atoms with Gasteiger partial charge in [0.1, 0.15) is 5.76 Å². The van der Waals surface area contributed by atoms with Crippen LogP contribution in [0.1, 0.15) is 23.6 Å². The van der Waals surface area contributed by atoms with Gasteiger partial charge in [0.15, 0.2) is 0 Å². The summed E-state index contributed by atoms with van der Waals surface area (Å²) in [6, 6.07) is 8.23. The van der Waals surface area contributed by atoms with Crippen molar-refractivity contribution in [3.63, 3.8) is 0 Å². The number of Topliss-reactive ketones (excluding diaryl/α,β-unsaturated/α-hetero) is 1. The van der Waals surface area contributed by atoms with E-state index in [9.17, 15) is 23.1 Å². The van der Waals surface area contributed by atoms with Crippen molar-refractivity contribution in [2.24, 2.45) is 0 Å². The van der Waals surface area contributed by atoms with Crippen molar-refractivity contribution >= 4 is 27.5 Å².